The lowest BCUT2D eigenvalue weighted by atomic mass is 10.1. The van der Waals surface area contributed by atoms with E-state index >= 15 is 0 Å². The van der Waals surface area contributed by atoms with Gasteiger partial charge in [-0.1, -0.05) is 18.2 Å². The molecule has 104 valence electrons. The number of carbonyl (C=O) groups is 1. The Morgan fingerprint density at radius 2 is 1.90 bits per heavy atom. The Morgan fingerprint density at radius 1 is 1.15 bits per heavy atom. The number of hydrogen-bond donors (Lipinski definition) is 3. The van der Waals surface area contributed by atoms with Crippen LogP contribution in [0.25, 0.3) is 0 Å². The number of thiocarbonyl (C=S) groups is 1. The summed E-state index contributed by atoms with van der Waals surface area (Å²) >= 11 is 5.26. The van der Waals surface area contributed by atoms with Crippen molar-refractivity contribution in [2.24, 2.45) is 0 Å². The third kappa shape index (κ3) is 4.51. The highest BCUT2D eigenvalue weighted by Crippen LogP contribution is 2.15. The molecule has 0 spiro atoms. The number of allylic oxidation sites excluding steroid dienone is 3. The molecule has 0 heterocycles. The van der Waals surface area contributed by atoms with Crippen LogP contribution in [0.15, 0.2) is 48.2 Å². The second-order valence-corrected chi connectivity index (χ2v) is 4.89. The van der Waals surface area contributed by atoms with Gasteiger partial charge in [-0.2, -0.15) is 0 Å². The van der Waals surface area contributed by atoms with Crippen LogP contribution in [0.5, 0.6) is 0 Å². The molecule has 20 heavy (non-hydrogen) atoms. The Labute approximate surface area is 124 Å². The summed E-state index contributed by atoms with van der Waals surface area (Å²) in [5.74, 6) is -0.0969. The minimum absolute atomic E-state index is 0.0969. The first-order valence-corrected chi connectivity index (χ1v) is 6.87. The lowest BCUT2D eigenvalue weighted by Gasteiger charge is -2.13. The molecule has 0 bridgehead atoms. The highest BCUT2D eigenvalue weighted by Gasteiger charge is 2.02. The van der Waals surface area contributed by atoms with Gasteiger partial charge in [-0.3, -0.25) is 4.79 Å². The standard InChI is InChI=1S/C15H17N3OS/c1-11(19)16-13-8-5-9-14(10-13)18-15(20)17-12-6-3-2-4-7-12/h3,5-10H,2,4H2,1H3,(H,16,19)(H2,17,18,20). The summed E-state index contributed by atoms with van der Waals surface area (Å²) < 4.78 is 0. The lowest BCUT2D eigenvalue weighted by molar-refractivity contribution is -0.114. The number of benzene rings is 1. The number of rotatable bonds is 3. The predicted molar refractivity (Wildman–Crippen MR) is 86.6 cm³/mol. The van der Waals surface area contributed by atoms with Gasteiger partial charge in [0.05, 0.1) is 0 Å². The largest absolute Gasteiger partial charge is 0.333 e. The van der Waals surface area contributed by atoms with E-state index in [9.17, 15) is 4.79 Å². The fourth-order valence-electron chi connectivity index (χ4n) is 1.88. The summed E-state index contributed by atoms with van der Waals surface area (Å²) in [6, 6.07) is 7.41. The molecule has 2 rings (SSSR count). The average molecular weight is 287 g/mol. The van der Waals surface area contributed by atoms with Crippen LogP contribution in [-0.2, 0) is 4.79 Å². The molecule has 0 aromatic heterocycles. The van der Waals surface area contributed by atoms with Gasteiger partial charge in [0.25, 0.3) is 0 Å². The van der Waals surface area contributed by atoms with E-state index in [0.29, 0.717) is 5.11 Å². The van der Waals surface area contributed by atoms with Crippen LogP contribution >= 0.6 is 12.2 Å². The Hall–Kier alpha value is -2.14. The molecule has 1 aliphatic carbocycles. The van der Waals surface area contributed by atoms with Gasteiger partial charge in [0.2, 0.25) is 5.91 Å². The monoisotopic (exact) mass is 287 g/mol. The van der Waals surface area contributed by atoms with Crippen LogP contribution in [-0.4, -0.2) is 11.0 Å². The summed E-state index contributed by atoms with van der Waals surface area (Å²) in [5.41, 5.74) is 2.57. The van der Waals surface area contributed by atoms with Gasteiger partial charge in [0, 0.05) is 24.0 Å². The molecule has 5 heteroatoms. The number of hydrogen-bond acceptors (Lipinski definition) is 2. The van der Waals surface area contributed by atoms with Gasteiger partial charge >= 0.3 is 0 Å². The highest BCUT2D eigenvalue weighted by molar-refractivity contribution is 7.80. The average Bonchev–Trinajstić information content (AvgIpc) is 2.39. The fraction of sp³-hybridized carbons (Fsp3) is 0.200. The first kappa shape index (κ1) is 14.3. The van der Waals surface area contributed by atoms with Crippen LogP contribution in [0.3, 0.4) is 0 Å². The number of carbonyl (C=O) groups excluding carboxylic acids is 1. The summed E-state index contributed by atoms with van der Waals surface area (Å²) in [6.45, 7) is 1.48. The van der Waals surface area contributed by atoms with Crippen molar-refractivity contribution < 1.29 is 4.79 Å². The molecule has 1 aromatic rings. The normalized spacial score (nSPS) is 13.3. The van der Waals surface area contributed by atoms with Crippen molar-refractivity contribution in [3.8, 4) is 0 Å². The molecule has 0 saturated heterocycles. The lowest BCUT2D eigenvalue weighted by Crippen LogP contribution is -2.27. The van der Waals surface area contributed by atoms with E-state index in [1.165, 1.54) is 6.92 Å². The number of amides is 1. The van der Waals surface area contributed by atoms with E-state index < -0.39 is 0 Å². The smallest absolute Gasteiger partial charge is 0.221 e. The second kappa shape index (κ2) is 6.86. The summed E-state index contributed by atoms with van der Waals surface area (Å²) in [7, 11) is 0. The van der Waals surface area contributed by atoms with Crippen molar-refractivity contribution in [3.63, 3.8) is 0 Å². The van der Waals surface area contributed by atoms with Gasteiger partial charge in [0.1, 0.15) is 0 Å². The van der Waals surface area contributed by atoms with Crippen molar-refractivity contribution >= 4 is 34.6 Å². The minimum atomic E-state index is -0.0969. The molecule has 0 radical (unpaired) electrons. The maximum absolute atomic E-state index is 11.0. The zero-order valence-electron chi connectivity index (χ0n) is 11.3. The molecule has 1 amide bonds. The predicted octanol–water partition coefficient (Wildman–Crippen LogP) is 3.17. The zero-order chi connectivity index (χ0) is 14.4. The van der Waals surface area contributed by atoms with Crippen molar-refractivity contribution in [2.75, 3.05) is 10.6 Å². The van der Waals surface area contributed by atoms with Crippen LogP contribution in [0.1, 0.15) is 19.8 Å². The Morgan fingerprint density at radius 3 is 2.55 bits per heavy atom. The number of anilines is 2. The van der Waals surface area contributed by atoms with Crippen molar-refractivity contribution in [1.29, 1.82) is 0 Å². The third-order valence-corrected chi connectivity index (χ3v) is 2.90. The van der Waals surface area contributed by atoms with Crippen LogP contribution in [0, 0.1) is 0 Å². The van der Waals surface area contributed by atoms with Gasteiger partial charge in [-0.05, 0) is 49.3 Å². The summed E-state index contributed by atoms with van der Waals surface area (Å²) in [5, 5.41) is 9.50. The third-order valence-electron chi connectivity index (χ3n) is 2.69. The van der Waals surface area contributed by atoms with Crippen molar-refractivity contribution in [3.05, 3.63) is 48.2 Å². The van der Waals surface area contributed by atoms with Crippen molar-refractivity contribution in [1.82, 2.24) is 5.32 Å². The van der Waals surface area contributed by atoms with E-state index in [0.717, 1.165) is 29.9 Å². The molecule has 1 aromatic carbocycles. The summed E-state index contributed by atoms with van der Waals surface area (Å²) in [4.78, 5) is 11.0. The molecule has 4 nitrogen and oxygen atoms in total. The summed E-state index contributed by atoms with van der Waals surface area (Å²) in [6.07, 6.45) is 8.35. The van der Waals surface area contributed by atoms with Gasteiger partial charge in [-0.15, -0.1) is 0 Å². The first-order valence-electron chi connectivity index (χ1n) is 6.46. The van der Waals surface area contributed by atoms with E-state index in [-0.39, 0.29) is 5.91 Å². The van der Waals surface area contributed by atoms with Gasteiger partial charge in [0.15, 0.2) is 5.11 Å². The Kier molecular flexibility index (Phi) is 4.90. The minimum Gasteiger partial charge on any atom is -0.333 e. The molecule has 0 unspecified atom stereocenters. The molecule has 0 saturated carbocycles. The Bertz CT molecular complexity index is 578. The van der Waals surface area contributed by atoms with E-state index in [1.807, 2.05) is 30.3 Å². The SMILES string of the molecule is CC(=O)Nc1cccc(NC(=S)NC2=CCCC=C2)c1. The zero-order valence-corrected chi connectivity index (χ0v) is 12.1. The topological polar surface area (TPSA) is 53.2 Å². The quantitative estimate of drug-likeness (QED) is 0.747. The van der Waals surface area contributed by atoms with E-state index in [4.69, 9.17) is 12.2 Å². The van der Waals surface area contributed by atoms with Gasteiger partial charge < -0.3 is 16.0 Å². The maximum atomic E-state index is 11.0. The first-order chi connectivity index (χ1) is 9.63. The Balaban J connectivity index is 1.95. The van der Waals surface area contributed by atoms with Gasteiger partial charge in [-0.25, -0.2) is 0 Å². The van der Waals surface area contributed by atoms with Crippen LogP contribution in [0.4, 0.5) is 11.4 Å². The maximum Gasteiger partial charge on any atom is 0.221 e. The molecular weight excluding hydrogens is 270 g/mol. The second-order valence-electron chi connectivity index (χ2n) is 4.48. The molecule has 0 aliphatic heterocycles. The fourth-order valence-corrected chi connectivity index (χ4v) is 2.11. The highest BCUT2D eigenvalue weighted by atomic mass is 32.1. The molecule has 3 N–H and O–H groups in total. The molecule has 1 aliphatic rings. The van der Waals surface area contributed by atoms with Crippen molar-refractivity contribution in [2.45, 2.75) is 19.8 Å². The van der Waals surface area contributed by atoms with Crippen LogP contribution < -0.4 is 16.0 Å². The molecule has 0 atom stereocenters. The number of nitrogens with one attached hydrogen (secondary N) is 3. The molecule has 0 fully saturated rings. The van der Waals surface area contributed by atoms with Crippen LogP contribution in [0.2, 0.25) is 0 Å². The van der Waals surface area contributed by atoms with E-state index in [1.54, 1.807) is 0 Å². The molecular formula is C15H17N3OS. The van der Waals surface area contributed by atoms with E-state index in [2.05, 4.69) is 28.1 Å².